The first-order chi connectivity index (χ1) is 16.3. The molecule has 0 bridgehead atoms. The molecule has 1 aliphatic rings. The summed E-state index contributed by atoms with van der Waals surface area (Å²) in [5, 5.41) is 5.29. The van der Waals surface area contributed by atoms with E-state index in [1.807, 2.05) is 19.1 Å². The van der Waals surface area contributed by atoms with E-state index in [2.05, 4.69) is 10.6 Å². The second kappa shape index (κ2) is 11.2. The highest BCUT2D eigenvalue weighted by Crippen LogP contribution is 2.29. The van der Waals surface area contributed by atoms with Gasteiger partial charge in [0, 0.05) is 0 Å². The van der Waals surface area contributed by atoms with Crippen LogP contribution in [0.2, 0.25) is 0 Å². The Morgan fingerprint density at radius 2 is 1.65 bits per heavy atom. The summed E-state index contributed by atoms with van der Waals surface area (Å²) >= 11 is 0. The number of carbonyl (C=O) groups excluding carboxylic acids is 3. The van der Waals surface area contributed by atoms with E-state index in [-0.39, 0.29) is 24.5 Å². The highest BCUT2D eigenvalue weighted by Gasteiger charge is 2.34. The molecule has 0 fully saturated rings. The Hall–Kier alpha value is -4.01. The molecular formula is C25H28N2O7. The molecule has 0 aliphatic carbocycles. The normalized spacial score (nSPS) is 16.1. The van der Waals surface area contributed by atoms with Crippen molar-refractivity contribution in [3.05, 3.63) is 70.9 Å². The lowest BCUT2D eigenvalue weighted by molar-refractivity contribution is -0.150. The van der Waals surface area contributed by atoms with Crippen molar-refractivity contribution < 1.29 is 33.3 Å². The van der Waals surface area contributed by atoms with Gasteiger partial charge in [0.05, 0.1) is 31.0 Å². The lowest BCUT2D eigenvalue weighted by Crippen LogP contribution is -2.47. The Bertz CT molecular complexity index is 1060. The third kappa shape index (κ3) is 6.06. The van der Waals surface area contributed by atoms with Crippen LogP contribution in [0.4, 0.5) is 4.79 Å². The largest absolute Gasteiger partial charge is 0.497 e. The molecule has 2 N–H and O–H groups in total. The van der Waals surface area contributed by atoms with Gasteiger partial charge in [-0.2, -0.15) is 0 Å². The topological polar surface area (TPSA) is 112 Å². The Kier molecular flexibility index (Phi) is 8.13. The second-order valence-corrected chi connectivity index (χ2v) is 7.60. The third-order valence-electron chi connectivity index (χ3n) is 5.12. The smallest absolute Gasteiger partial charge is 0.347 e. The summed E-state index contributed by atoms with van der Waals surface area (Å²) in [5.74, 6) is -0.130. The van der Waals surface area contributed by atoms with Gasteiger partial charge in [0.2, 0.25) is 0 Å². The molecule has 0 aromatic heterocycles. The van der Waals surface area contributed by atoms with E-state index in [0.29, 0.717) is 17.1 Å². The van der Waals surface area contributed by atoms with Crippen molar-refractivity contribution >= 4 is 18.0 Å². The summed E-state index contributed by atoms with van der Waals surface area (Å²) in [6, 6.07) is 12.8. The van der Waals surface area contributed by atoms with E-state index in [9.17, 15) is 14.4 Å². The van der Waals surface area contributed by atoms with Gasteiger partial charge in [-0.3, -0.25) is 0 Å². The number of rotatable bonds is 9. The molecule has 2 unspecified atom stereocenters. The molecule has 2 atom stereocenters. The summed E-state index contributed by atoms with van der Waals surface area (Å²) < 4.78 is 21.4. The molecule has 0 radical (unpaired) electrons. The van der Waals surface area contributed by atoms with Crippen molar-refractivity contribution in [1.82, 2.24) is 10.6 Å². The lowest BCUT2D eigenvalue weighted by atomic mass is 9.95. The number of amides is 2. The molecule has 2 aromatic rings. The van der Waals surface area contributed by atoms with E-state index in [4.69, 9.17) is 18.9 Å². The van der Waals surface area contributed by atoms with Crippen LogP contribution in [-0.2, 0) is 19.1 Å². The third-order valence-corrected chi connectivity index (χ3v) is 5.12. The monoisotopic (exact) mass is 468 g/mol. The van der Waals surface area contributed by atoms with E-state index in [0.717, 1.165) is 5.56 Å². The summed E-state index contributed by atoms with van der Waals surface area (Å²) in [4.78, 5) is 37.7. The first kappa shape index (κ1) is 24.6. The molecule has 0 saturated carbocycles. The van der Waals surface area contributed by atoms with Gasteiger partial charge < -0.3 is 29.6 Å². The Morgan fingerprint density at radius 3 is 2.26 bits per heavy atom. The van der Waals surface area contributed by atoms with Gasteiger partial charge in [-0.1, -0.05) is 29.8 Å². The Labute approximate surface area is 198 Å². The van der Waals surface area contributed by atoms with Gasteiger partial charge in [-0.15, -0.1) is 0 Å². The number of hydrogen-bond acceptors (Lipinski definition) is 7. The van der Waals surface area contributed by atoms with Gasteiger partial charge in [0.25, 0.3) is 0 Å². The van der Waals surface area contributed by atoms with Gasteiger partial charge in [0.1, 0.15) is 18.1 Å². The number of hydrogen-bond donors (Lipinski definition) is 2. The number of ether oxygens (including phenoxy) is 4. The van der Waals surface area contributed by atoms with Crippen LogP contribution in [0.5, 0.6) is 11.5 Å². The van der Waals surface area contributed by atoms with Crippen LogP contribution in [0, 0.1) is 6.92 Å². The average Bonchev–Trinajstić information content (AvgIpc) is 2.83. The molecule has 9 nitrogen and oxygen atoms in total. The average molecular weight is 469 g/mol. The van der Waals surface area contributed by atoms with Crippen molar-refractivity contribution in [3.63, 3.8) is 0 Å². The van der Waals surface area contributed by atoms with Crippen molar-refractivity contribution in [2.75, 3.05) is 20.3 Å². The molecule has 180 valence electrons. The zero-order valence-electron chi connectivity index (χ0n) is 19.5. The molecule has 3 rings (SSSR count). The molecule has 0 saturated heterocycles. The quantitative estimate of drug-likeness (QED) is 0.544. The predicted molar refractivity (Wildman–Crippen MR) is 123 cm³/mol. The van der Waals surface area contributed by atoms with E-state index < -0.39 is 30.1 Å². The van der Waals surface area contributed by atoms with Gasteiger partial charge in [0.15, 0.2) is 6.10 Å². The minimum atomic E-state index is -0.899. The maximum Gasteiger partial charge on any atom is 0.347 e. The van der Waals surface area contributed by atoms with Crippen LogP contribution >= 0.6 is 0 Å². The molecule has 2 aromatic carbocycles. The fourth-order valence-electron chi connectivity index (χ4n) is 3.36. The maximum absolute atomic E-state index is 12.8. The number of benzene rings is 2. The summed E-state index contributed by atoms with van der Waals surface area (Å²) in [6.07, 6.45) is -0.899. The van der Waals surface area contributed by atoms with Crippen molar-refractivity contribution in [2.45, 2.75) is 32.9 Å². The number of nitrogens with one attached hydrogen (secondary N) is 2. The molecule has 0 spiro atoms. The van der Waals surface area contributed by atoms with Crippen molar-refractivity contribution in [3.8, 4) is 11.5 Å². The molecule has 9 heteroatoms. The number of carbonyl (C=O) groups is 3. The summed E-state index contributed by atoms with van der Waals surface area (Å²) in [5.41, 5.74) is 1.98. The molecule has 34 heavy (non-hydrogen) atoms. The van der Waals surface area contributed by atoms with E-state index in [1.54, 1.807) is 57.4 Å². The number of aryl methyl sites for hydroxylation is 1. The van der Waals surface area contributed by atoms with Crippen LogP contribution < -0.4 is 20.1 Å². The number of methoxy groups -OCH3 is 1. The zero-order valence-corrected chi connectivity index (χ0v) is 19.5. The zero-order chi connectivity index (χ0) is 24.7. The minimum Gasteiger partial charge on any atom is -0.497 e. The maximum atomic E-state index is 12.8. The molecular weight excluding hydrogens is 440 g/mol. The first-order valence-corrected chi connectivity index (χ1v) is 10.8. The van der Waals surface area contributed by atoms with Crippen LogP contribution in [0.15, 0.2) is 59.8 Å². The van der Waals surface area contributed by atoms with Crippen LogP contribution in [0.1, 0.15) is 31.0 Å². The standard InChI is InChI=1S/C25H28N2O7/c1-5-32-24(29)21-20(14-33-23(28)16(3)34-19-10-6-15(2)7-11-19)26-25(30)27-22(21)17-8-12-18(31-4)13-9-17/h6-13,16,22H,5,14H2,1-4H3,(H2,26,27,30). The number of urea groups is 1. The minimum absolute atomic E-state index is 0.138. The number of esters is 2. The Morgan fingerprint density at radius 1 is 1.00 bits per heavy atom. The molecule has 1 heterocycles. The van der Waals surface area contributed by atoms with Crippen molar-refractivity contribution in [2.24, 2.45) is 0 Å². The molecule has 2 amide bonds. The molecule has 1 aliphatic heterocycles. The van der Waals surface area contributed by atoms with E-state index >= 15 is 0 Å². The van der Waals surface area contributed by atoms with Gasteiger partial charge >= 0.3 is 18.0 Å². The van der Waals surface area contributed by atoms with Gasteiger partial charge in [-0.25, -0.2) is 14.4 Å². The predicted octanol–water partition coefficient (Wildman–Crippen LogP) is 3.19. The van der Waals surface area contributed by atoms with Crippen molar-refractivity contribution in [1.29, 1.82) is 0 Å². The van der Waals surface area contributed by atoms with Crippen LogP contribution in [0.3, 0.4) is 0 Å². The fourth-order valence-corrected chi connectivity index (χ4v) is 3.36. The van der Waals surface area contributed by atoms with E-state index in [1.165, 1.54) is 0 Å². The highest BCUT2D eigenvalue weighted by molar-refractivity contribution is 5.95. The van der Waals surface area contributed by atoms with Crippen LogP contribution in [-0.4, -0.2) is 44.4 Å². The van der Waals surface area contributed by atoms with Gasteiger partial charge in [-0.05, 0) is 50.6 Å². The van der Waals surface area contributed by atoms with Crippen LogP contribution in [0.25, 0.3) is 0 Å². The highest BCUT2D eigenvalue weighted by atomic mass is 16.6. The first-order valence-electron chi connectivity index (χ1n) is 10.8. The fraction of sp³-hybridized carbons (Fsp3) is 0.320. The summed E-state index contributed by atoms with van der Waals surface area (Å²) in [6.45, 7) is 4.99. The Balaban J connectivity index is 1.80. The SMILES string of the molecule is CCOC(=O)C1=C(COC(=O)C(C)Oc2ccc(C)cc2)NC(=O)NC1c1ccc(OC)cc1. The lowest BCUT2D eigenvalue weighted by Gasteiger charge is -2.29. The second-order valence-electron chi connectivity index (χ2n) is 7.60. The summed E-state index contributed by atoms with van der Waals surface area (Å²) in [7, 11) is 1.54.